The van der Waals surface area contributed by atoms with Crippen LogP contribution in [0, 0.1) is 20.6 Å². The van der Waals surface area contributed by atoms with Crippen LogP contribution in [0.5, 0.6) is 0 Å². The second-order valence-electron chi connectivity index (χ2n) is 8.36. The average Bonchev–Trinajstić information content (AvgIpc) is 3.27. The summed E-state index contributed by atoms with van der Waals surface area (Å²) in [7, 11) is 1.83. The van der Waals surface area contributed by atoms with E-state index in [0.29, 0.717) is 11.1 Å². The standard InChI is InChI=1S/C30H25N2O/c1-18-17-32(4)26(16-25(18)21-10-6-5-7-11-21)27-20(3)22-12-8-9-13-23(22)28-24-15-14-19(2)31-30(24)33-29(27)28/h5-17H,1-4H3/q+1/i1D3,2D3. The summed E-state index contributed by atoms with van der Waals surface area (Å²) >= 11 is 0. The largest absolute Gasteiger partial charge is 0.437 e. The van der Waals surface area contributed by atoms with Crippen LogP contribution in [0.1, 0.15) is 25.0 Å². The molecule has 6 aromatic rings. The van der Waals surface area contributed by atoms with Gasteiger partial charge >= 0.3 is 0 Å². The smallest absolute Gasteiger partial charge is 0.227 e. The molecule has 0 radical (unpaired) electrons. The Morgan fingerprint density at radius 2 is 1.67 bits per heavy atom. The van der Waals surface area contributed by atoms with Gasteiger partial charge in [-0.3, -0.25) is 0 Å². The van der Waals surface area contributed by atoms with Crippen molar-refractivity contribution < 1.29 is 17.2 Å². The van der Waals surface area contributed by atoms with Gasteiger partial charge in [0.15, 0.2) is 11.8 Å². The van der Waals surface area contributed by atoms with Crippen molar-refractivity contribution in [3.8, 4) is 22.4 Å². The van der Waals surface area contributed by atoms with Gasteiger partial charge in [-0.05, 0) is 60.2 Å². The highest BCUT2D eigenvalue weighted by Crippen LogP contribution is 2.43. The van der Waals surface area contributed by atoms with E-state index >= 15 is 0 Å². The molecule has 0 N–H and O–H groups in total. The van der Waals surface area contributed by atoms with Gasteiger partial charge in [0, 0.05) is 36.3 Å². The van der Waals surface area contributed by atoms with Crippen molar-refractivity contribution in [2.45, 2.75) is 20.6 Å². The highest BCUT2D eigenvalue weighted by atomic mass is 16.3. The lowest BCUT2D eigenvalue weighted by atomic mass is 9.92. The molecule has 0 saturated heterocycles. The number of benzene rings is 3. The fourth-order valence-electron chi connectivity index (χ4n) is 4.82. The summed E-state index contributed by atoms with van der Waals surface area (Å²) in [5.74, 6) is 0. The highest BCUT2D eigenvalue weighted by molar-refractivity contribution is 6.23. The Hall–Kier alpha value is -3.98. The first-order valence-corrected chi connectivity index (χ1v) is 10.8. The molecular formula is C30H25N2O+. The summed E-state index contributed by atoms with van der Waals surface area (Å²) in [5, 5.41) is 3.55. The van der Waals surface area contributed by atoms with Gasteiger partial charge in [-0.25, -0.2) is 9.55 Å². The molecule has 0 spiro atoms. The molecule has 0 saturated carbocycles. The Morgan fingerprint density at radius 3 is 2.45 bits per heavy atom. The fourth-order valence-corrected chi connectivity index (χ4v) is 4.82. The molecule has 0 amide bonds. The summed E-state index contributed by atoms with van der Waals surface area (Å²) < 4.78 is 56.2. The van der Waals surface area contributed by atoms with Gasteiger partial charge in [0.05, 0.1) is 5.56 Å². The monoisotopic (exact) mass is 435 g/mol. The van der Waals surface area contributed by atoms with Crippen molar-refractivity contribution in [2.75, 3.05) is 0 Å². The van der Waals surface area contributed by atoms with Gasteiger partial charge in [0.25, 0.3) is 0 Å². The Kier molecular flexibility index (Phi) is 3.14. The lowest BCUT2D eigenvalue weighted by Crippen LogP contribution is -2.31. The first-order chi connectivity index (χ1) is 18.4. The van der Waals surface area contributed by atoms with Crippen molar-refractivity contribution in [3.63, 3.8) is 0 Å². The number of hydrogen-bond donors (Lipinski definition) is 0. The zero-order valence-electron chi connectivity index (χ0n) is 24.3. The van der Waals surface area contributed by atoms with Crippen molar-refractivity contribution in [2.24, 2.45) is 7.05 Å². The summed E-state index contributed by atoms with van der Waals surface area (Å²) in [6.07, 6.45) is 1.67. The molecule has 160 valence electrons. The van der Waals surface area contributed by atoms with E-state index in [1.165, 1.54) is 6.07 Å². The molecule has 33 heavy (non-hydrogen) atoms. The second-order valence-corrected chi connectivity index (χ2v) is 8.36. The van der Waals surface area contributed by atoms with E-state index in [1.807, 2.05) is 79.2 Å². The molecule has 3 heterocycles. The maximum Gasteiger partial charge on any atom is 0.227 e. The molecule has 0 aliphatic heterocycles. The molecule has 6 rings (SSSR count). The van der Waals surface area contributed by atoms with Crippen molar-refractivity contribution in [1.82, 2.24) is 4.98 Å². The van der Waals surface area contributed by atoms with Gasteiger partial charge in [-0.15, -0.1) is 0 Å². The number of hydrogen-bond acceptors (Lipinski definition) is 2. The predicted molar refractivity (Wildman–Crippen MR) is 135 cm³/mol. The molecule has 0 bridgehead atoms. The van der Waals surface area contributed by atoms with Crippen LogP contribution in [-0.4, -0.2) is 4.98 Å². The summed E-state index contributed by atoms with van der Waals surface area (Å²) in [4.78, 5) is 4.38. The Bertz CT molecular complexity index is 1900. The van der Waals surface area contributed by atoms with E-state index in [-0.39, 0.29) is 17.0 Å². The molecule has 0 aliphatic carbocycles. The highest BCUT2D eigenvalue weighted by Gasteiger charge is 2.25. The van der Waals surface area contributed by atoms with E-state index in [0.717, 1.165) is 43.9 Å². The zero-order chi connectivity index (χ0) is 27.7. The molecule has 3 aromatic carbocycles. The molecular weight excluding hydrogens is 404 g/mol. The Balaban J connectivity index is 1.76. The third-order valence-corrected chi connectivity index (χ3v) is 6.37. The number of furan rings is 1. The second kappa shape index (κ2) is 7.28. The quantitative estimate of drug-likeness (QED) is 0.269. The van der Waals surface area contributed by atoms with Gasteiger partial charge in [0.1, 0.15) is 7.05 Å². The van der Waals surface area contributed by atoms with E-state index in [2.05, 4.69) is 4.98 Å². The SMILES string of the molecule is [2H]C([2H])([2H])c1ccc2c(n1)oc1c(-c3cc(-c4ccccc4)c(C([2H])([2H])[2H])c[n+]3C)c(C)c3ccccc3c12. The van der Waals surface area contributed by atoms with Gasteiger partial charge in [-0.1, -0.05) is 54.6 Å². The third-order valence-electron chi connectivity index (χ3n) is 6.37. The number of pyridine rings is 2. The lowest BCUT2D eigenvalue weighted by Gasteiger charge is -2.13. The summed E-state index contributed by atoms with van der Waals surface area (Å²) in [6, 6.07) is 22.7. The normalized spacial score (nSPS) is 15.1. The van der Waals surface area contributed by atoms with Crippen LogP contribution in [0.15, 0.2) is 83.4 Å². The minimum absolute atomic E-state index is 0.0319. The van der Waals surface area contributed by atoms with Gasteiger partial charge in [-0.2, -0.15) is 0 Å². The minimum atomic E-state index is -2.36. The van der Waals surface area contributed by atoms with Gasteiger partial charge < -0.3 is 4.42 Å². The average molecular weight is 436 g/mol. The molecule has 0 aliphatic rings. The topological polar surface area (TPSA) is 29.9 Å². The third kappa shape index (κ3) is 2.96. The van der Waals surface area contributed by atoms with Crippen LogP contribution < -0.4 is 4.57 Å². The fraction of sp³-hybridized carbons (Fsp3) is 0.133. The number of fused-ring (bicyclic) bond motifs is 5. The molecule has 0 fully saturated rings. The van der Waals surface area contributed by atoms with Gasteiger partial charge in [0.2, 0.25) is 11.4 Å². The maximum absolute atomic E-state index is 8.21. The van der Waals surface area contributed by atoms with Crippen molar-refractivity contribution >= 4 is 32.8 Å². The Morgan fingerprint density at radius 1 is 0.879 bits per heavy atom. The predicted octanol–water partition coefficient (Wildman–Crippen LogP) is 7.22. The number of rotatable bonds is 2. The molecule has 3 heteroatoms. The van der Waals surface area contributed by atoms with Crippen LogP contribution in [0.2, 0.25) is 0 Å². The minimum Gasteiger partial charge on any atom is -0.437 e. The first kappa shape index (κ1) is 14.2. The van der Waals surface area contributed by atoms with Crippen molar-refractivity contribution in [3.05, 3.63) is 95.8 Å². The zero-order valence-corrected chi connectivity index (χ0v) is 18.3. The molecule has 3 nitrogen and oxygen atoms in total. The molecule has 0 atom stereocenters. The van der Waals surface area contributed by atoms with Crippen LogP contribution in [0.3, 0.4) is 0 Å². The number of aromatic nitrogens is 2. The maximum atomic E-state index is 8.21. The van der Waals surface area contributed by atoms with Crippen LogP contribution >= 0.6 is 0 Å². The van der Waals surface area contributed by atoms with E-state index in [4.69, 9.17) is 12.6 Å². The lowest BCUT2D eigenvalue weighted by molar-refractivity contribution is -0.660. The van der Waals surface area contributed by atoms with Crippen LogP contribution in [-0.2, 0) is 7.05 Å². The summed E-state index contributed by atoms with van der Waals surface area (Å²) in [6.45, 7) is -2.66. The van der Waals surface area contributed by atoms with Crippen LogP contribution in [0.4, 0.5) is 0 Å². The van der Waals surface area contributed by atoms with Crippen LogP contribution in [0.25, 0.3) is 55.2 Å². The molecule has 3 aromatic heterocycles. The molecule has 0 unspecified atom stereocenters. The van der Waals surface area contributed by atoms with Crippen molar-refractivity contribution in [1.29, 1.82) is 0 Å². The first-order valence-electron chi connectivity index (χ1n) is 13.8. The van der Waals surface area contributed by atoms with E-state index < -0.39 is 13.7 Å². The number of nitrogens with zero attached hydrogens (tertiary/aromatic N) is 2. The number of aryl methyl sites for hydroxylation is 4. The van der Waals surface area contributed by atoms with E-state index in [9.17, 15) is 0 Å². The summed E-state index contributed by atoms with van der Waals surface area (Å²) in [5.41, 5.74) is 4.99. The van der Waals surface area contributed by atoms with E-state index in [1.54, 1.807) is 12.3 Å². The Labute approximate surface area is 201 Å².